The van der Waals surface area contributed by atoms with Gasteiger partial charge in [-0.2, -0.15) is 5.10 Å². The van der Waals surface area contributed by atoms with Gasteiger partial charge in [0.15, 0.2) is 15.8 Å². The zero-order valence-electron chi connectivity index (χ0n) is 18.2. The number of sulfone groups is 1. The van der Waals surface area contributed by atoms with Crippen LogP contribution < -0.4 is 10.6 Å². The van der Waals surface area contributed by atoms with Crippen LogP contribution >= 0.6 is 0 Å². The van der Waals surface area contributed by atoms with Gasteiger partial charge in [0.2, 0.25) is 0 Å². The van der Waals surface area contributed by atoms with E-state index in [1.807, 2.05) is 49.0 Å². The molecule has 0 atom stereocenters. The Labute approximate surface area is 184 Å². The Hall–Kier alpha value is -3.13. The molecule has 0 aliphatic rings. The SMILES string of the molecule is CCNC(=NCc1cccc(Cn2cccn2)c1)NCc1ccc(S(C)(=O)=O)c(C)c1. The molecule has 0 spiro atoms. The molecule has 2 aromatic carbocycles. The van der Waals surface area contributed by atoms with E-state index in [1.54, 1.807) is 12.3 Å². The molecule has 1 heterocycles. The normalized spacial score (nSPS) is 12.0. The number of hydrogen-bond acceptors (Lipinski definition) is 4. The lowest BCUT2D eigenvalue weighted by atomic mass is 10.1. The summed E-state index contributed by atoms with van der Waals surface area (Å²) in [5.41, 5.74) is 4.04. The zero-order chi connectivity index (χ0) is 22.3. The third-order valence-electron chi connectivity index (χ3n) is 4.76. The summed E-state index contributed by atoms with van der Waals surface area (Å²) in [5, 5.41) is 10.8. The second-order valence-electron chi connectivity index (χ2n) is 7.44. The van der Waals surface area contributed by atoms with E-state index in [4.69, 9.17) is 4.99 Å². The molecule has 0 saturated heterocycles. The third kappa shape index (κ3) is 6.68. The van der Waals surface area contributed by atoms with E-state index < -0.39 is 9.84 Å². The molecule has 0 aliphatic carbocycles. The standard InChI is InChI=1S/C23H29N5O2S/c1-4-24-23(26-16-20-9-10-22(18(2)13-20)31(3,29)30)25-15-19-7-5-8-21(14-19)17-28-12-6-11-27-28/h5-14H,4,15-17H2,1-3H3,(H2,24,25,26). The zero-order valence-corrected chi connectivity index (χ0v) is 19.0. The van der Waals surface area contributed by atoms with Crippen LogP contribution in [0.2, 0.25) is 0 Å². The van der Waals surface area contributed by atoms with Gasteiger partial charge < -0.3 is 10.6 Å². The van der Waals surface area contributed by atoms with Gasteiger partial charge >= 0.3 is 0 Å². The van der Waals surface area contributed by atoms with Gasteiger partial charge in [0, 0.05) is 31.7 Å². The van der Waals surface area contributed by atoms with Crippen LogP contribution in [-0.2, 0) is 29.5 Å². The number of aryl methyl sites for hydroxylation is 1. The van der Waals surface area contributed by atoms with Crippen LogP contribution in [0, 0.1) is 6.92 Å². The maximum atomic E-state index is 11.8. The summed E-state index contributed by atoms with van der Waals surface area (Å²) in [6, 6.07) is 15.6. The first-order chi connectivity index (χ1) is 14.8. The summed E-state index contributed by atoms with van der Waals surface area (Å²) in [6.45, 7) is 6.41. The van der Waals surface area contributed by atoms with Crippen molar-refractivity contribution in [2.75, 3.05) is 12.8 Å². The molecule has 164 valence electrons. The van der Waals surface area contributed by atoms with Crippen molar-refractivity contribution in [2.24, 2.45) is 4.99 Å². The highest BCUT2D eigenvalue weighted by molar-refractivity contribution is 7.90. The molecule has 0 aliphatic heterocycles. The molecule has 0 fully saturated rings. The number of guanidine groups is 1. The third-order valence-corrected chi connectivity index (χ3v) is 6.01. The number of hydrogen-bond donors (Lipinski definition) is 2. The smallest absolute Gasteiger partial charge is 0.191 e. The summed E-state index contributed by atoms with van der Waals surface area (Å²) in [5.74, 6) is 0.713. The van der Waals surface area contributed by atoms with E-state index in [1.165, 1.54) is 11.8 Å². The minimum Gasteiger partial charge on any atom is -0.357 e. The highest BCUT2D eigenvalue weighted by Gasteiger charge is 2.11. The molecule has 0 amide bonds. The molecule has 0 bridgehead atoms. The van der Waals surface area contributed by atoms with Crippen molar-refractivity contribution >= 4 is 15.8 Å². The van der Waals surface area contributed by atoms with Crippen molar-refractivity contribution < 1.29 is 8.42 Å². The second kappa shape index (κ2) is 10.3. The van der Waals surface area contributed by atoms with Crippen molar-refractivity contribution in [3.8, 4) is 0 Å². The number of nitrogens with one attached hydrogen (secondary N) is 2. The lowest BCUT2D eigenvalue weighted by Crippen LogP contribution is -2.36. The Kier molecular flexibility index (Phi) is 7.46. The fraction of sp³-hybridized carbons (Fsp3) is 0.304. The van der Waals surface area contributed by atoms with Gasteiger partial charge in [-0.3, -0.25) is 4.68 Å². The minimum atomic E-state index is -3.21. The molecule has 3 aromatic rings. The Morgan fingerprint density at radius 2 is 1.87 bits per heavy atom. The minimum absolute atomic E-state index is 0.367. The Morgan fingerprint density at radius 1 is 1.06 bits per heavy atom. The van der Waals surface area contributed by atoms with E-state index in [0.717, 1.165) is 29.8 Å². The van der Waals surface area contributed by atoms with Gasteiger partial charge in [-0.1, -0.05) is 36.4 Å². The van der Waals surface area contributed by atoms with E-state index in [9.17, 15) is 8.42 Å². The maximum absolute atomic E-state index is 11.8. The Bertz CT molecular complexity index is 1140. The van der Waals surface area contributed by atoms with Crippen LogP contribution in [-0.4, -0.2) is 37.0 Å². The van der Waals surface area contributed by atoms with Crippen LogP contribution in [0.4, 0.5) is 0 Å². The highest BCUT2D eigenvalue weighted by atomic mass is 32.2. The quantitative estimate of drug-likeness (QED) is 0.416. The van der Waals surface area contributed by atoms with Crippen molar-refractivity contribution in [2.45, 2.75) is 38.4 Å². The lowest BCUT2D eigenvalue weighted by Gasteiger charge is -2.13. The van der Waals surface area contributed by atoms with E-state index in [2.05, 4.69) is 33.9 Å². The molecule has 31 heavy (non-hydrogen) atoms. The van der Waals surface area contributed by atoms with E-state index in [0.29, 0.717) is 23.9 Å². The average Bonchev–Trinajstić information content (AvgIpc) is 3.22. The number of benzene rings is 2. The van der Waals surface area contributed by atoms with Crippen molar-refractivity contribution in [1.29, 1.82) is 0 Å². The predicted octanol–water partition coefficient (Wildman–Crippen LogP) is 2.90. The molecule has 1 aromatic heterocycles. The van der Waals surface area contributed by atoms with Crippen molar-refractivity contribution in [3.63, 3.8) is 0 Å². The van der Waals surface area contributed by atoms with Crippen LogP contribution in [0.1, 0.15) is 29.2 Å². The van der Waals surface area contributed by atoms with Crippen molar-refractivity contribution in [1.82, 2.24) is 20.4 Å². The number of aromatic nitrogens is 2. The first-order valence-electron chi connectivity index (χ1n) is 10.2. The maximum Gasteiger partial charge on any atom is 0.191 e. The van der Waals surface area contributed by atoms with Gasteiger partial charge in [-0.15, -0.1) is 0 Å². The fourth-order valence-corrected chi connectivity index (χ4v) is 4.30. The summed E-state index contributed by atoms with van der Waals surface area (Å²) in [6.07, 6.45) is 4.95. The van der Waals surface area contributed by atoms with E-state index >= 15 is 0 Å². The number of nitrogens with zero attached hydrogens (tertiary/aromatic N) is 3. The van der Waals surface area contributed by atoms with Crippen LogP contribution in [0.5, 0.6) is 0 Å². The topological polar surface area (TPSA) is 88.4 Å². The number of rotatable bonds is 8. The number of aliphatic imine (C=N–C) groups is 1. The molecular formula is C23H29N5O2S. The second-order valence-corrected chi connectivity index (χ2v) is 9.43. The summed E-state index contributed by atoms with van der Waals surface area (Å²) in [7, 11) is -3.21. The van der Waals surface area contributed by atoms with Gasteiger partial charge in [-0.25, -0.2) is 13.4 Å². The first kappa shape index (κ1) is 22.6. The van der Waals surface area contributed by atoms with Crippen LogP contribution in [0.25, 0.3) is 0 Å². The highest BCUT2D eigenvalue weighted by Crippen LogP contribution is 2.16. The van der Waals surface area contributed by atoms with E-state index in [-0.39, 0.29) is 0 Å². The largest absolute Gasteiger partial charge is 0.357 e. The monoisotopic (exact) mass is 439 g/mol. The average molecular weight is 440 g/mol. The van der Waals surface area contributed by atoms with Gasteiger partial charge in [0.25, 0.3) is 0 Å². The molecule has 0 unspecified atom stereocenters. The summed E-state index contributed by atoms with van der Waals surface area (Å²) < 4.78 is 25.5. The molecule has 3 rings (SSSR count). The predicted molar refractivity (Wildman–Crippen MR) is 124 cm³/mol. The molecule has 0 saturated carbocycles. The van der Waals surface area contributed by atoms with Gasteiger partial charge in [0.1, 0.15) is 0 Å². The molecule has 7 nitrogen and oxygen atoms in total. The molecule has 2 N–H and O–H groups in total. The molecule has 0 radical (unpaired) electrons. The first-order valence-corrected chi connectivity index (χ1v) is 12.1. The summed E-state index contributed by atoms with van der Waals surface area (Å²) in [4.78, 5) is 5.06. The fourth-order valence-electron chi connectivity index (χ4n) is 3.34. The van der Waals surface area contributed by atoms with Crippen LogP contribution in [0.3, 0.4) is 0 Å². The van der Waals surface area contributed by atoms with Crippen LogP contribution in [0.15, 0.2) is 70.8 Å². The van der Waals surface area contributed by atoms with Gasteiger partial charge in [-0.05, 0) is 48.2 Å². The lowest BCUT2D eigenvalue weighted by molar-refractivity contribution is 0.601. The molecule has 8 heteroatoms. The Balaban J connectivity index is 1.65. The van der Waals surface area contributed by atoms with Gasteiger partial charge in [0.05, 0.1) is 18.0 Å². The Morgan fingerprint density at radius 3 is 2.55 bits per heavy atom. The van der Waals surface area contributed by atoms with Crippen molar-refractivity contribution in [3.05, 3.63) is 83.2 Å². The molecular weight excluding hydrogens is 410 g/mol. The summed E-state index contributed by atoms with van der Waals surface area (Å²) >= 11 is 0.